The average molecular weight is 255 g/mol. The number of hydrogen-bond acceptors (Lipinski definition) is 1. The van der Waals surface area contributed by atoms with Crippen molar-refractivity contribution in [1.82, 2.24) is 4.90 Å². The molecule has 0 aliphatic carbocycles. The first-order chi connectivity index (χ1) is 8.34. The van der Waals surface area contributed by atoms with E-state index in [9.17, 15) is 4.79 Å². The van der Waals surface area contributed by atoms with Crippen LogP contribution in [0.3, 0.4) is 0 Å². The van der Waals surface area contributed by atoms with Crippen molar-refractivity contribution in [2.75, 3.05) is 27.2 Å². The van der Waals surface area contributed by atoms with Gasteiger partial charge in [0.25, 0.3) is 0 Å². The number of quaternary nitrogens is 1. The fraction of sp³-hybridized carbons (Fsp3) is 0.800. The molecule has 106 valence electrons. The van der Waals surface area contributed by atoms with Gasteiger partial charge in [0.05, 0.1) is 20.6 Å². The molecule has 0 saturated carbocycles. The van der Waals surface area contributed by atoms with E-state index in [-0.39, 0.29) is 5.91 Å². The summed E-state index contributed by atoms with van der Waals surface area (Å²) in [6, 6.07) is 0.343. The van der Waals surface area contributed by atoms with E-state index in [2.05, 4.69) is 40.9 Å². The third-order valence-electron chi connectivity index (χ3n) is 3.15. The zero-order chi connectivity index (χ0) is 14.1. The summed E-state index contributed by atoms with van der Waals surface area (Å²) >= 11 is 0. The van der Waals surface area contributed by atoms with Gasteiger partial charge in [-0.1, -0.05) is 11.6 Å². The maximum absolute atomic E-state index is 11.7. The number of nitrogens with one attached hydrogen (secondary N) is 1. The summed E-state index contributed by atoms with van der Waals surface area (Å²) in [5.41, 5.74) is 1.35. The van der Waals surface area contributed by atoms with Crippen molar-refractivity contribution in [3.8, 4) is 0 Å². The van der Waals surface area contributed by atoms with Crippen molar-refractivity contribution in [3.63, 3.8) is 0 Å². The van der Waals surface area contributed by atoms with E-state index >= 15 is 0 Å². The summed E-state index contributed by atoms with van der Waals surface area (Å²) in [6.07, 6.45) is 5.44. The normalized spacial score (nSPS) is 12.4. The molecule has 0 radical (unpaired) electrons. The number of carbonyl (C=O) groups excluding carboxylic acids is 1. The highest BCUT2D eigenvalue weighted by molar-refractivity contribution is 5.73. The first-order valence-corrected chi connectivity index (χ1v) is 7.04. The molecule has 3 heteroatoms. The summed E-state index contributed by atoms with van der Waals surface area (Å²) in [4.78, 5) is 15.1. The molecule has 0 heterocycles. The van der Waals surface area contributed by atoms with Crippen LogP contribution in [0.1, 0.15) is 47.0 Å². The van der Waals surface area contributed by atoms with Crippen LogP contribution in [0, 0.1) is 0 Å². The molecular formula is C15H31N2O+. The predicted octanol–water partition coefficient (Wildman–Crippen LogP) is 1.50. The van der Waals surface area contributed by atoms with Crippen molar-refractivity contribution < 1.29 is 9.69 Å². The molecule has 0 unspecified atom stereocenters. The molecule has 0 saturated heterocycles. The second-order valence-corrected chi connectivity index (χ2v) is 5.73. The standard InChI is InChI=1S/C15H30N2O/c1-13(2)9-7-10-14(3)17(15(4)18)12-8-11-16(5)6/h9,14H,7-8,10-12H2,1-6H3/p+1/t14-/m0/s1. The molecule has 0 aliphatic rings. The molecule has 18 heavy (non-hydrogen) atoms. The average Bonchev–Trinajstić information content (AvgIpc) is 2.22. The summed E-state index contributed by atoms with van der Waals surface area (Å²) in [6.45, 7) is 10.1. The second-order valence-electron chi connectivity index (χ2n) is 5.73. The van der Waals surface area contributed by atoms with Gasteiger partial charge in [0.2, 0.25) is 5.91 Å². The summed E-state index contributed by atoms with van der Waals surface area (Å²) in [5.74, 6) is 0.202. The molecule has 1 N–H and O–H groups in total. The SMILES string of the molecule is CC(=O)N(CCC[NH+](C)C)[C@@H](C)CCC=C(C)C. The van der Waals surface area contributed by atoms with Crippen LogP contribution < -0.4 is 4.90 Å². The molecule has 3 nitrogen and oxygen atoms in total. The minimum Gasteiger partial charge on any atom is -0.340 e. The van der Waals surface area contributed by atoms with Gasteiger partial charge in [-0.15, -0.1) is 0 Å². The fourth-order valence-corrected chi connectivity index (χ4v) is 2.06. The van der Waals surface area contributed by atoms with E-state index in [0.29, 0.717) is 6.04 Å². The Bertz CT molecular complexity index is 268. The number of allylic oxidation sites excluding steroid dienone is 2. The van der Waals surface area contributed by atoms with E-state index in [1.807, 2.05) is 4.90 Å². The van der Waals surface area contributed by atoms with Crippen LogP contribution >= 0.6 is 0 Å². The first kappa shape index (κ1) is 17.2. The van der Waals surface area contributed by atoms with E-state index in [0.717, 1.165) is 32.4 Å². The van der Waals surface area contributed by atoms with E-state index < -0.39 is 0 Å². The van der Waals surface area contributed by atoms with Crippen molar-refractivity contribution >= 4 is 5.91 Å². The van der Waals surface area contributed by atoms with Gasteiger partial charge in [0.1, 0.15) is 0 Å². The van der Waals surface area contributed by atoms with Crippen LogP contribution in [0.4, 0.5) is 0 Å². The van der Waals surface area contributed by atoms with Gasteiger partial charge in [-0.2, -0.15) is 0 Å². The first-order valence-electron chi connectivity index (χ1n) is 7.04. The maximum Gasteiger partial charge on any atom is 0.219 e. The topological polar surface area (TPSA) is 24.8 Å². The highest BCUT2D eigenvalue weighted by Crippen LogP contribution is 2.09. The Kier molecular flexibility index (Phi) is 8.73. The summed E-state index contributed by atoms with van der Waals surface area (Å²) in [5, 5.41) is 0. The Morgan fingerprint density at radius 2 is 1.89 bits per heavy atom. The van der Waals surface area contributed by atoms with Crippen LogP contribution in [-0.2, 0) is 4.79 Å². The molecule has 1 amide bonds. The second kappa shape index (κ2) is 9.15. The smallest absolute Gasteiger partial charge is 0.219 e. The Morgan fingerprint density at radius 1 is 1.28 bits per heavy atom. The maximum atomic E-state index is 11.7. The van der Waals surface area contributed by atoms with E-state index in [1.165, 1.54) is 10.5 Å². The highest BCUT2D eigenvalue weighted by atomic mass is 16.2. The lowest BCUT2D eigenvalue weighted by Gasteiger charge is -2.28. The lowest BCUT2D eigenvalue weighted by Crippen LogP contribution is -3.05. The Morgan fingerprint density at radius 3 is 2.33 bits per heavy atom. The van der Waals surface area contributed by atoms with Crippen molar-refractivity contribution in [3.05, 3.63) is 11.6 Å². The largest absolute Gasteiger partial charge is 0.340 e. The zero-order valence-corrected chi connectivity index (χ0v) is 13.0. The number of carbonyl (C=O) groups is 1. The lowest BCUT2D eigenvalue weighted by atomic mass is 10.1. The Hall–Kier alpha value is -0.830. The third kappa shape index (κ3) is 8.29. The van der Waals surface area contributed by atoms with Crippen LogP contribution in [0.15, 0.2) is 11.6 Å². The highest BCUT2D eigenvalue weighted by Gasteiger charge is 2.15. The molecule has 0 aromatic carbocycles. The number of nitrogens with zero attached hydrogens (tertiary/aromatic N) is 1. The Labute approximate surface area is 113 Å². The molecule has 0 bridgehead atoms. The molecule has 1 atom stereocenters. The van der Waals surface area contributed by atoms with Crippen molar-refractivity contribution in [2.45, 2.75) is 53.0 Å². The van der Waals surface area contributed by atoms with Crippen molar-refractivity contribution in [2.24, 2.45) is 0 Å². The number of rotatable bonds is 8. The molecular weight excluding hydrogens is 224 g/mol. The van der Waals surface area contributed by atoms with Crippen molar-refractivity contribution in [1.29, 1.82) is 0 Å². The lowest BCUT2D eigenvalue weighted by molar-refractivity contribution is -0.858. The van der Waals surface area contributed by atoms with Gasteiger partial charge in [-0.3, -0.25) is 4.79 Å². The quantitative estimate of drug-likeness (QED) is 0.653. The minimum atomic E-state index is 0.202. The molecule has 0 aromatic heterocycles. The minimum absolute atomic E-state index is 0.202. The van der Waals surface area contributed by atoms with Gasteiger partial charge in [-0.05, 0) is 33.6 Å². The van der Waals surface area contributed by atoms with Gasteiger partial charge < -0.3 is 9.80 Å². The molecule has 0 fully saturated rings. The molecule has 0 spiro atoms. The summed E-state index contributed by atoms with van der Waals surface area (Å²) in [7, 11) is 4.30. The van der Waals surface area contributed by atoms with Crippen LogP contribution in [-0.4, -0.2) is 44.0 Å². The van der Waals surface area contributed by atoms with Crippen LogP contribution in [0.25, 0.3) is 0 Å². The van der Waals surface area contributed by atoms with E-state index in [4.69, 9.17) is 0 Å². The molecule has 0 aliphatic heterocycles. The van der Waals surface area contributed by atoms with Crippen LogP contribution in [0.2, 0.25) is 0 Å². The van der Waals surface area contributed by atoms with E-state index in [1.54, 1.807) is 6.92 Å². The third-order valence-corrected chi connectivity index (χ3v) is 3.15. The molecule has 0 aromatic rings. The fourth-order valence-electron chi connectivity index (χ4n) is 2.06. The number of hydrogen-bond donors (Lipinski definition) is 1. The van der Waals surface area contributed by atoms with Gasteiger partial charge >= 0.3 is 0 Å². The monoisotopic (exact) mass is 255 g/mol. The zero-order valence-electron chi connectivity index (χ0n) is 13.0. The van der Waals surface area contributed by atoms with Crippen LogP contribution in [0.5, 0.6) is 0 Å². The summed E-state index contributed by atoms with van der Waals surface area (Å²) < 4.78 is 0. The molecule has 0 rings (SSSR count). The Balaban J connectivity index is 4.15. The predicted molar refractivity (Wildman–Crippen MR) is 77.8 cm³/mol. The van der Waals surface area contributed by atoms with Gasteiger partial charge in [0, 0.05) is 25.9 Å². The van der Waals surface area contributed by atoms with Gasteiger partial charge in [-0.25, -0.2) is 0 Å². The van der Waals surface area contributed by atoms with Gasteiger partial charge in [0.15, 0.2) is 0 Å². The number of amides is 1.